The van der Waals surface area contributed by atoms with Gasteiger partial charge in [0.05, 0.1) is 36.0 Å². The first-order valence-electron chi connectivity index (χ1n) is 15.3. The van der Waals surface area contributed by atoms with Crippen molar-refractivity contribution in [2.24, 2.45) is 5.92 Å². The number of carbonyl (C=O) groups is 1. The number of aliphatic hydroxyl groups is 1. The van der Waals surface area contributed by atoms with E-state index in [2.05, 4.69) is 65.3 Å². The summed E-state index contributed by atoms with van der Waals surface area (Å²) in [5.74, 6) is -0.304. The summed E-state index contributed by atoms with van der Waals surface area (Å²) in [7, 11) is 2.12. The molecule has 45 heavy (non-hydrogen) atoms. The predicted molar refractivity (Wildman–Crippen MR) is 174 cm³/mol. The highest BCUT2D eigenvalue weighted by molar-refractivity contribution is 6.03. The normalized spacial score (nSPS) is 20.6. The zero-order chi connectivity index (χ0) is 31.3. The highest BCUT2D eigenvalue weighted by Gasteiger charge is 2.39. The number of anilines is 1. The molecule has 1 aliphatic heterocycles. The van der Waals surface area contributed by atoms with E-state index in [1.165, 1.54) is 11.8 Å². The summed E-state index contributed by atoms with van der Waals surface area (Å²) < 4.78 is 13.3. The van der Waals surface area contributed by atoms with Gasteiger partial charge in [0, 0.05) is 29.8 Å². The fourth-order valence-electron chi connectivity index (χ4n) is 5.78. The number of carbonyl (C=O) groups excluding carboxylic acids is 1. The molecule has 6 rings (SSSR count). The second-order valence-corrected chi connectivity index (χ2v) is 11.7. The first-order chi connectivity index (χ1) is 21.9. The van der Waals surface area contributed by atoms with Crippen LogP contribution in [-0.4, -0.2) is 45.6 Å². The second-order valence-electron chi connectivity index (χ2n) is 11.7. The van der Waals surface area contributed by atoms with Gasteiger partial charge in [0.15, 0.2) is 6.29 Å². The molecule has 0 unspecified atom stereocenters. The number of nitrogens with zero attached hydrogens (tertiary/aromatic N) is 3. The van der Waals surface area contributed by atoms with Crippen molar-refractivity contribution in [1.29, 1.82) is 0 Å². The Morgan fingerprint density at radius 1 is 0.911 bits per heavy atom. The Labute approximate surface area is 263 Å². The van der Waals surface area contributed by atoms with E-state index in [-0.39, 0.29) is 42.4 Å². The number of ether oxygens (including phenoxy) is 2. The Morgan fingerprint density at radius 3 is 2.40 bits per heavy atom. The van der Waals surface area contributed by atoms with Crippen LogP contribution in [0.3, 0.4) is 0 Å². The standard InChI is InChI=1S/C37H38N4O4/c1-24-34(22-41(3)25(2)27-10-5-4-6-11-27)44-37(45-35(24)28-18-16-26(23-42)17-19-28)29-12-9-13-30(20-29)39-36(43)33-21-38-31-14-7-8-15-32(31)40-33/h4-21,24-25,34-35,37,42H,22-23H2,1-3H3,(H,39,43)/t24-,25-,34+,35+,37+/m0/s1. The van der Waals surface area contributed by atoms with Gasteiger partial charge in [-0.2, -0.15) is 0 Å². The lowest BCUT2D eigenvalue weighted by atomic mass is 9.89. The number of hydrogen-bond donors (Lipinski definition) is 2. The van der Waals surface area contributed by atoms with Crippen molar-refractivity contribution in [3.8, 4) is 0 Å². The molecular formula is C37H38N4O4. The monoisotopic (exact) mass is 602 g/mol. The Hall–Kier alpha value is -4.47. The molecule has 0 aliphatic carbocycles. The van der Waals surface area contributed by atoms with Gasteiger partial charge in [-0.3, -0.25) is 14.7 Å². The number of para-hydroxylation sites is 2. The van der Waals surface area contributed by atoms with Gasteiger partial charge in [-0.05, 0) is 54.9 Å². The Morgan fingerprint density at radius 2 is 1.64 bits per heavy atom. The minimum Gasteiger partial charge on any atom is -0.392 e. The highest BCUT2D eigenvalue weighted by Crippen LogP contribution is 2.42. The fourth-order valence-corrected chi connectivity index (χ4v) is 5.78. The van der Waals surface area contributed by atoms with Gasteiger partial charge < -0.3 is 19.9 Å². The van der Waals surface area contributed by atoms with E-state index in [0.717, 1.165) is 22.2 Å². The van der Waals surface area contributed by atoms with E-state index in [1.54, 1.807) is 0 Å². The summed E-state index contributed by atoms with van der Waals surface area (Å²) in [6, 6.07) is 33.5. The smallest absolute Gasteiger partial charge is 0.275 e. The minimum absolute atomic E-state index is 0.0127. The van der Waals surface area contributed by atoms with Gasteiger partial charge in [0.2, 0.25) is 0 Å². The van der Waals surface area contributed by atoms with E-state index in [9.17, 15) is 9.90 Å². The zero-order valence-corrected chi connectivity index (χ0v) is 25.7. The van der Waals surface area contributed by atoms with E-state index >= 15 is 0 Å². The van der Waals surface area contributed by atoms with Crippen molar-refractivity contribution < 1.29 is 19.4 Å². The number of aliphatic hydroxyl groups excluding tert-OH is 1. The molecule has 4 aromatic carbocycles. The van der Waals surface area contributed by atoms with Gasteiger partial charge >= 0.3 is 0 Å². The van der Waals surface area contributed by atoms with Crippen LogP contribution in [0.25, 0.3) is 11.0 Å². The molecule has 1 saturated heterocycles. The van der Waals surface area contributed by atoms with Gasteiger partial charge in [-0.15, -0.1) is 0 Å². The summed E-state index contributed by atoms with van der Waals surface area (Å²) in [5, 5.41) is 12.5. The van der Waals surface area contributed by atoms with Crippen molar-refractivity contribution in [2.75, 3.05) is 18.9 Å². The Bertz CT molecular complexity index is 1750. The first kappa shape index (κ1) is 30.6. The maximum absolute atomic E-state index is 13.1. The number of likely N-dealkylation sites (N-methyl/N-ethyl adjacent to an activating group) is 1. The van der Waals surface area contributed by atoms with Crippen LogP contribution >= 0.6 is 0 Å². The summed E-state index contributed by atoms with van der Waals surface area (Å²) in [5.41, 5.74) is 6.15. The molecule has 5 aromatic rings. The molecule has 0 spiro atoms. The van der Waals surface area contributed by atoms with E-state index in [0.29, 0.717) is 17.7 Å². The number of rotatable bonds is 9. The van der Waals surface area contributed by atoms with Crippen molar-refractivity contribution >= 4 is 22.6 Å². The largest absolute Gasteiger partial charge is 0.392 e. The molecule has 8 nitrogen and oxygen atoms in total. The summed E-state index contributed by atoms with van der Waals surface area (Å²) in [4.78, 5) is 24.3. The Kier molecular flexibility index (Phi) is 9.28. The van der Waals surface area contributed by atoms with Crippen molar-refractivity contribution in [1.82, 2.24) is 14.9 Å². The van der Waals surface area contributed by atoms with Crippen LogP contribution < -0.4 is 5.32 Å². The lowest BCUT2D eigenvalue weighted by Crippen LogP contribution is -2.44. The molecule has 2 heterocycles. The van der Waals surface area contributed by atoms with Crippen molar-refractivity contribution in [3.05, 3.63) is 137 Å². The third kappa shape index (κ3) is 6.95. The van der Waals surface area contributed by atoms with Crippen LogP contribution in [-0.2, 0) is 16.1 Å². The summed E-state index contributed by atoms with van der Waals surface area (Å²) in [6.45, 7) is 5.04. The summed E-state index contributed by atoms with van der Waals surface area (Å²) >= 11 is 0. The first-order valence-corrected chi connectivity index (χ1v) is 15.3. The second kappa shape index (κ2) is 13.7. The molecule has 1 aromatic heterocycles. The number of fused-ring (bicyclic) bond motifs is 1. The highest BCUT2D eigenvalue weighted by atomic mass is 16.7. The average Bonchev–Trinajstić information content (AvgIpc) is 3.09. The molecule has 1 fully saturated rings. The molecule has 8 heteroatoms. The third-order valence-corrected chi connectivity index (χ3v) is 8.63. The van der Waals surface area contributed by atoms with Crippen LogP contribution in [0.1, 0.15) is 65.0 Å². The van der Waals surface area contributed by atoms with E-state index in [4.69, 9.17) is 9.47 Å². The number of nitrogens with one attached hydrogen (secondary N) is 1. The molecule has 2 N–H and O–H groups in total. The molecule has 0 saturated carbocycles. The van der Waals surface area contributed by atoms with Gasteiger partial charge in [0.25, 0.3) is 5.91 Å². The average molecular weight is 603 g/mol. The third-order valence-electron chi connectivity index (χ3n) is 8.63. The van der Waals surface area contributed by atoms with Crippen molar-refractivity contribution in [3.63, 3.8) is 0 Å². The Balaban J connectivity index is 1.24. The predicted octanol–water partition coefficient (Wildman–Crippen LogP) is 6.86. The van der Waals surface area contributed by atoms with E-state index in [1.807, 2.05) is 78.9 Å². The molecule has 230 valence electrons. The molecular weight excluding hydrogens is 564 g/mol. The molecule has 0 radical (unpaired) electrons. The minimum atomic E-state index is -0.661. The van der Waals surface area contributed by atoms with Crippen molar-refractivity contribution in [2.45, 2.75) is 45.0 Å². The van der Waals surface area contributed by atoms with Gasteiger partial charge in [-0.25, -0.2) is 4.98 Å². The van der Waals surface area contributed by atoms with Crippen LogP contribution in [0.15, 0.2) is 109 Å². The van der Waals surface area contributed by atoms with Crippen LogP contribution in [0, 0.1) is 5.92 Å². The van der Waals surface area contributed by atoms with Crippen LogP contribution in [0.5, 0.6) is 0 Å². The van der Waals surface area contributed by atoms with Gasteiger partial charge in [-0.1, -0.05) is 85.8 Å². The van der Waals surface area contributed by atoms with E-state index < -0.39 is 6.29 Å². The topological polar surface area (TPSA) is 96.8 Å². The van der Waals surface area contributed by atoms with Crippen LogP contribution in [0.2, 0.25) is 0 Å². The molecule has 5 atom stereocenters. The SMILES string of the molecule is C[C@H]1[C@@H](CN(C)[C@@H](C)c2ccccc2)O[C@@H](c2cccc(NC(=O)c3cnc4ccccc4n3)c2)O[C@H]1c1ccc(CO)cc1. The quantitative estimate of drug-likeness (QED) is 0.190. The lowest BCUT2D eigenvalue weighted by molar-refractivity contribution is -0.276. The number of amides is 1. The molecule has 0 bridgehead atoms. The van der Waals surface area contributed by atoms with Crippen LogP contribution in [0.4, 0.5) is 5.69 Å². The number of benzene rings is 4. The molecule has 1 amide bonds. The maximum Gasteiger partial charge on any atom is 0.275 e. The number of hydrogen-bond acceptors (Lipinski definition) is 7. The summed E-state index contributed by atoms with van der Waals surface area (Å²) in [6.07, 6.45) is 0.438. The van der Waals surface area contributed by atoms with Gasteiger partial charge in [0.1, 0.15) is 5.69 Å². The number of aromatic nitrogens is 2. The fraction of sp³-hybridized carbons (Fsp3) is 0.270. The lowest BCUT2D eigenvalue weighted by Gasteiger charge is -2.43. The zero-order valence-electron chi connectivity index (χ0n) is 25.7. The maximum atomic E-state index is 13.1. The molecule has 1 aliphatic rings.